The molecular formula is C21H24N4O4. The van der Waals surface area contributed by atoms with Crippen molar-refractivity contribution in [1.29, 1.82) is 0 Å². The largest absolute Gasteiger partial charge is 0.482 e. The van der Waals surface area contributed by atoms with Gasteiger partial charge in [0.1, 0.15) is 5.75 Å². The molecule has 4 rings (SSSR count). The van der Waals surface area contributed by atoms with E-state index in [1.807, 2.05) is 13.8 Å². The number of carbonyl (C=O) groups excluding carboxylic acids is 3. The lowest BCUT2D eigenvalue weighted by molar-refractivity contribution is -0.118. The quantitative estimate of drug-likeness (QED) is 0.802. The van der Waals surface area contributed by atoms with Crippen LogP contribution in [0.5, 0.6) is 5.75 Å². The van der Waals surface area contributed by atoms with E-state index in [9.17, 15) is 14.4 Å². The summed E-state index contributed by atoms with van der Waals surface area (Å²) in [6.45, 7) is 5.08. The standard InChI is InChI=1S/C21H24N4O4/c1-13(2)25-11-16(10-22-25)21(28)24-7-5-14(6-8-24)20(27)15-3-4-18-17(9-15)23-19(26)12-29-18/h3-4,9-11,13-14H,5-8,12H2,1-2H3,(H,23,26). The van der Waals surface area contributed by atoms with Gasteiger partial charge in [0.05, 0.1) is 17.4 Å². The molecule has 1 aromatic heterocycles. The molecule has 8 heteroatoms. The number of nitrogens with one attached hydrogen (secondary N) is 1. The molecule has 0 atom stereocenters. The van der Waals surface area contributed by atoms with Crippen molar-refractivity contribution < 1.29 is 19.1 Å². The Morgan fingerprint density at radius 1 is 1.21 bits per heavy atom. The summed E-state index contributed by atoms with van der Waals surface area (Å²) in [5, 5.41) is 6.96. The van der Waals surface area contributed by atoms with E-state index in [1.165, 1.54) is 0 Å². The Balaban J connectivity index is 1.39. The van der Waals surface area contributed by atoms with Crippen LogP contribution in [-0.4, -0.2) is 52.0 Å². The molecule has 0 saturated carbocycles. The zero-order valence-corrected chi connectivity index (χ0v) is 16.6. The molecule has 29 heavy (non-hydrogen) atoms. The molecule has 8 nitrogen and oxygen atoms in total. The van der Waals surface area contributed by atoms with Gasteiger partial charge in [0.25, 0.3) is 11.8 Å². The first-order valence-electron chi connectivity index (χ1n) is 9.86. The summed E-state index contributed by atoms with van der Waals surface area (Å²) in [6.07, 6.45) is 4.60. The predicted octanol–water partition coefficient (Wildman–Crippen LogP) is 2.53. The topological polar surface area (TPSA) is 93.5 Å². The smallest absolute Gasteiger partial charge is 0.262 e. The number of ether oxygens (including phenoxy) is 1. The number of benzene rings is 1. The summed E-state index contributed by atoms with van der Waals surface area (Å²) < 4.78 is 7.11. The first kappa shape index (κ1) is 19.2. The number of ketones is 1. The minimum Gasteiger partial charge on any atom is -0.482 e. The molecule has 1 aromatic carbocycles. The molecule has 2 amide bonds. The number of aromatic nitrogens is 2. The molecule has 0 bridgehead atoms. The molecule has 2 aromatic rings. The van der Waals surface area contributed by atoms with E-state index in [4.69, 9.17) is 4.74 Å². The van der Waals surface area contributed by atoms with Crippen molar-refractivity contribution in [2.24, 2.45) is 5.92 Å². The molecule has 0 aliphatic carbocycles. The van der Waals surface area contributed by atoms with Gasteiger partial charge in [0.15, 0.2) is 12.4 Å². The van der Waals surface area contributed by atoms with Crippen LogP contribution in [0, 0.1) is 5.92 Å². The Hall–Kier alpha value is -3.16. The lowest BCUT2D eigenvalue weighted by atomic mass is 9.88. The van der Waals surface area contributed by atoms with Gasteiger partial charge >= 0.3 is 0 Å². The molecule has 1 fully saturated rings. The Morgan fingerprint density at radius 2 is 1.97 bits per heavy atom. The van der Waals surface area contributed by atoms with E-state index in [0.717, 1.165) is 0 Å². The predicted molar refractivity (Wildman–Crippen MR) is 106 cm³/mol. The molecular weight excluding hydrogens is 372 g/mol. The highest BCUT2D eigenvalue weighted by Crippen LogP contribution is 2.31. The van der Waals surface area contributed by atoms with Crippen LogP contribution in [0.1, 0.15) is 53.4 Å². The highest BCUT2D eigenvalue weighted by atomic mass is 16.5. The van der Waals surface area contributed by atoms with Gasteiger partial charge in [0.2, 0.25) is 0 Å². The average Bonchev–Trinajstić information content (AvgIpc) is 3.23. The number of fused-ring (bicyclic) bond motifs is 1. The molecule has 152 valence electrons. The molecule has 0 unspecified atom stereocenters. The van der Waals surface area contributed by atoms with Crippen LogP contribution in [0.25, 0.3) is 0 Å². The number of nitrogens with zero attached hydrogens (tertiary/aromatic N) is 3. The summed E-state index contributed by atoms with van der Waals surface area (Å²) >= 11 is 0. The fraction of sp³-hybridized carbons (Fsp3) is 0.429. The highest BCUT2D eigenvalue weighted by Gasteiger charge is 2.29. The third-order valence-corrected chi connectivity index (χ3v) is 5.43. The van der Waals surface area contributed by atoms with Crippen molar-refractivity contribution in [1.82, 2.24) is 14.7 Å². The number of carbonyl (C=O) groups is 3. The number of rotatable bonds is 4. The normalized spacial score (nSPS) is 16.9. The number of anilines is 1. The zero-order chi connectivity index (χ0) is 20.5. The fourth-order valence-corrected chi connectivity index (χ4v) is 3.73. The van der Waals surface area contributed by atoms with E-state index in [2.05, 4.69) is 10.4 Å². The van der Waals surface area contributed by atoms with Crippen molar-refractivity contribution in [2.45, 2.75) is 32.7 Å². The summed E-state index contributed by atoms with van der Waals surface area (Å²) in [4.78, 5) is 38.9. The molecule has 1 N–H and O–H groups in total. The minimum atomic E-state index is -0.227. The molecule has 0 radical (unpaired) electrons. The van der Waals surface area contributed by atoms with E-state index in [-0.39, 0.29) is 36.2 Å². The maximum atomic E-state index is 12.9. The summed E-state index contributed by atoms with van der Waals surface area (Å²) in [5.74, 6) is 0.192. The Bertz CT molecular complexity index is 957. The third kappa shape index (κ3) is 3.87. The highest BCUT2D eigenvalue weighted by molar-refractivity contribution is 6.02. The monoisotopic (exact) mass is 396 g/mol. The van der Waals surface area contributed by atoms with Gasteiger partial charge in [-0.1, -0.05) is 0 Å². The Morgan fingerprint density at radius 3 is 2.66 bits per heavy atom. The number of hydrogen-bond donors (Lipinski definition) is 1. The van der Waals surface area contributed by atoms with Gasteiger partial charge in [0, 0.05) is 36.8 Å². The van der Waals surface area contributed by atoms with Crippen LogP contribution in [0.3, 0.4) is 0 Å². The van der Waals surface area contributed by atoms with Gasteiger partial charge in [-0.25, -0.2) is 0 Å². The van der Waals surface area contributed by atoms with E-state index in [1.54, 1.807) is 40.2 Å². The van der Waals surface area contributed by atoms with Crippen molar-refractivity contribution in [2.75, 3.05) is 25.0 Å². The second-order valence-corrected chi connectivity index (χ2v) is 7.78. The lowest BCUT2D eigenvalue weighted by Crippen LogP contribution is -2.40. The SMILES string of the molecule is CC(C)n1cc(C(=O)N2CCC(C(=O)c3ccc4c(c3)NC(=O)CO4)CC2)cn1. The van der Waals surface area contributed by atoms with E-state index < -0.39 is 0 Å². The Kier molecular flexibility index (Phi) is 5.08. The molecule has 3 heterocycles. The summed E-state index contributed by atoms with van der Waals surface area (Å²) in [5.41, 5.74) is 1.66. The van der Waals surface area contributed by atoms with E-state index in [0.29, 0.717) is 48.5 Å². The van der Waals surface area contributed by atoms with Crippen LogP contribution in [-0.2, 0) is 4.79 Å². The molecule has 2 aliphatic heterocycles. The number of hydrogen-bond acceptors (Lipinski definition) is 5. The van der Waals surface area contributed by atoms with Crippen LogP contribution >= 0.6 is 0 Å². The maximum absolute atomic E-state index is 12.9. The van der Waals surface area contributed by atoms with Gasteiger partial charge in [-0.05, 0) is 44.9 Å². The number of Topliss-reactive ketones (excluding diaryl/α,β-unsaturated/α-hetero) is 1. The first-order chi connectivity index (χ1) is 13.9. The van der Waals surface area contributed by atoms with Gasteiger partial charge < -0.3 is 15.0 Å². The second kappa shape index (κ2) is 7.69. The Labute approximate surface area is 168 Å². The van der Waals surface area contributed by atoms with Crippen molar-refractivity contribution in [3.63, 3.8) is 0 Å². The van der Waals surface area contributed by atoms with Crippen LogP contribution in [0.15, 0.2) is 30.6 Å². The summed E-state index contributed by atoms with van der Waals surface area (Å²) in [7, 11) is 0. The minimum absolute atomic E-state index is 0.0111. The zero-order valence-electron chi connectivity index (χ0n) is 16.6. The number of piperidine rings is 1. The number of likely N-dealkylation sites (tertiary alicyclic amines) is 1. The molecule has 1 saturated heterocycles. The lowest BCUT2D eigenvalue weighted by Gasteiger charge is -2.31. The maximum Gasteiger partial charge on any atom is 0.262 e. The third-order valence-electron chi connectivity index (χ3n) is 5.43. The number of amides is 2. The van der Waals surface area contributed by atoms with Gasteiger partial charge in [-0.15, -0.1) is 0 Å². The summed E-state index contributed by atoms with van der Waals surface area (Å²) in [6, 6.07) is 5.32. The van der Waals surface area contributed by atoms with Crippen LogP contribution in [0.4, 0.5) is 5.69 Å². The van der Waals surface area contributed by atoms with Crippen molar-refractivity contribution in [3.05, 3.63) is 41.7 Å². The average molecular weight is 396 g/mol. The van der Waals surface area contributed by atoms with Crippen molar-refractivity contribution in [3.8, 4) is 5.75 Å². The second-order valence-electron chi connectivity index (χ2n) is 7.78. The molecule has 0 spiro atoms. The van der Waals surface area contributed by atoms with Crippen molar-refractivity contribution >= 4 is 23.3 Å². The van der Waals surface area contributed by atoms with Gasteiger partial charge in [-0.3, -0.25) is 19.1 Å². The van der Waals surface area contributed by atoms with E-state index >= 15 is 0 Å². The molecule has 2 aliphatic rings. The van der Waals surface area contributed by atoms with Gasteiger partial charge in [-0.2, -0.15) is 5.10 Å². The first-order valence-corrected chi connectivity index (χ1v) is 9.86. The van der Waals surface area contributed by atoms with Crippen LogP contribution in [0.2, 0.25) is 0 Å². The fourth-order valence-electron chi connectivity index (χ4n) is 3.73. The van der Waals surface area contributed by atoms with Crippen LogP contribution < -0.4 is 10.1 Å².